The van der Waals surface area contributed by atoms with Gasteiger partial charge in [-0.05, 0) is 13.3 Å². The van der Waals surface area contributed by atoms with Gasteiger partial charge in [0.25, 0.3) is 6.20 Å². The summed E-state index contributed by atoms with van der Waals surface area (Å²) in [6.45, 7) is 4.58. The van der Waals surface area contributed by atoms with E-state index in [1.165, 1.54) is 0 Å². The molecule has 0 saturated carbocycles. The van der Waals surface area contributed by atoms with Crippen LogP contribution in [0.4, 0.5) is 0 Å². The zero-order chi connectivity index (χ0) is 8.69. The van der Waals surface area contributed by atoms with Gasteiger partial charge in [-0.25, -0.2) is 0 Å². The number of unbranched alkanes of at least 4 members (excludes halogenated alkanes) is 1. The summed E-state index contributed by atoms with van der Waals surface area (Å²) in [5, 5.41) is 12.9. The van der Waals surface area contributed by atoms with Gasteiger partial charge in [0.1, 0.15) is 0 Å². The van der Waals surface area contributed by atoms with E-state index < -0.39 is 4.92 Å². The van der Waals surface area contributed by atoms with Crippen molar-refractivity contribution in [3.63, 3.8) is 0 Å². The minimum Gasteiger partial charge on any atom is -0.384 e. The Morgan fingerprint density at radius 3 is 2.82 bits per heavy atom. The molecule has 11 heavy (non-hydrogen) atoms. The average Bonchev–Trinajstić information content (AvgIpc) is 1.86. The number of allylic oxidation sites excluding steroid dienone is 1. The van der Waals surface area contributed by atoms with Crippen LogP contribution in [0.5, 0.6) is 0 Å². The SMILES string of the molecule is CCCCN/C(C)=C/[N+](=O)[O-]. The van der Waals surface area contributed by atoms with Gasteiger partial charge in [0.15, 0.2) is 0 Å². The summed E-state index contributed by atoms with van der Waals surface area (Å²) in [4.78, 5) is 9.48. The van der Waals surface area contributed by atoms with Crippen LogP contribution in [-0.2, 0) is 0 Å². The van der Waals surface area contributed by atoms with Crippen LogP contribution in [-0.4, -0.2) is 11.5 Å². The minimum atomic E-state index is -0.450. The van der Waals surface area contributed by atoms with Crippen molar-refractivity contribution in [2.24, 2.45) is 0 Å². The average molecular weight is 158 g/mol. The summed E-state index contributed by atoms with van der Waals surface area (Å²) in [7, 11) is 0. The third kappa shape index (κ3) is 6.83. The van der Waals surface area contributed by atoms with E-state index in [-0.39, 0.29) is 0 Å². The smallest absolute Gasteiger partial charge is 0.252 e. The molecule has 0 aromatic carbocycles. The van der Waals surface area contributed by atoms with Gasteiger partial charge in [-0.15, -0.1) is 0 Å². The van der Waals surface area contributed by atoms with E-state index in [4.69, 9.17) is 0 Å². The molecule has 4 nitrogen and oxygen atoms in total. The first-order chi connectivity index (χ1) is 5.16. The van der Waals surface area contributed by atoms with Crippen molar-refractivity contribution in [1.82, 2.24) is 5.32 Å². The van der Waals surface area contributed by atoms with E-state index in [1.807, 2.05) is 0 Å². The molecule has 0 heterocycles. The molecular formula is C7H14N2O2. The largest absolute Gasteiger partial charge is 0.384 e. The van der Waals surface area contributed by atoms with Gasteiger partial charge in [0.2, 0.25) is 0 Å². The quantitative estimate of drug-likeness (QED) is 0.375. The van der Waals surface area contributed by atoms with E-state index in [9.17, 15) is 10.1 Å². The molecule has 64 valence electrons. The molecule has 0 rings (SSSR count). The molecule has 0 unspecified atom stereocenters. The number of nitro groups is 1. The lowest BCUT2D eigenvalue weighted by atomic mass is 10.3. The molecule has 0 aromatic heterocycles. The summed E-state index contributed by atoms with van der Waals surface area (Å²) in [6.07, 6.45) is 3.12. The zero-order valence-electron chi connectivity index (χ0n) is 6.96. The normalized spacial score (nSPS) is 11.3. The molecule has 0 fully saturated rings. The monoisotopic (exact) mass is 158 g/mol. The van der Waals surface area contributed by atoms with E-state index in [1.54, 1.807) is 6.92 Å². The van der Waals surface area contributed by atoms with Crippen molar-refractivity contribution in [3.8, 4) is 0 Å². The Balaban J connectivity index is 3.51. The van der Waals surface area contributed by atoms with Crippen LogP contribution >= 0.6 is 0 Å². The van der Waals surface area contributed by atoms with Gasteiger partial charge in [-0.1, -0.05) is 13.3 Å². The lowest BCUT2D eigenvalue weighted by molar-refractivity contribution is -0.403. The van der Waals surface area contributed by atoms with Gasteiger partial charge < -0.3 is 5.32 Å². The summed E-state index contributed by atoms with van der Waals surface area (Å²) < 4.78 is 0. The van der Waals surface area contributed by atoms with Crippen molar-refractivity contribution in [1.29, 1.82) is 0 Å². The molecule has 0 radical (unpaired) electrons. The minimum absolute atomic E-state index is 0.450. The topological polar surface area (TPSA) is 55.2 Å². The third-order valence-corrected chi connectivity index (χ3v) is 1.23. The van der Waals surface area contributed by atoms with Crippen LogP contribution < -0.4 is 5.32 Å². The lowest BCUT2D eigenvalue weighted by Gasteiger charge is -2.00. The maximum absolute atomic E-state index is 9.93. The van der Waals surface area contributed by atoms with Crippen molar-refractivity contribution < 1.29 is 4.92 Å². The molecular weight excluding hydrogens is 144 g/mol. The Labute approximate surface area is 66.4 Å². The highest BCUT2D eigenvalue weighted by Crippen LogP contribution is 1.89. The van der Waals surface area contributed by atoms with Gasteiger partial charge >= 0.3 is 0 Å². The molecule has 0 spiro atoms. The predicted octanol–water partition coefficient (Wildman–Crippen LogP) is 1.51. The lowest BCUT2D eigenvalue weighted by Crippen LogP contribution is -2.13. The van der Waals surface area contributed by atoms with Crippen LogP contribution in [0.1, 0.15) is 26.7 Å². The summed E-state index contributed by atoms with van der Waals surface area (Å²) in [5.41, 5.74) is 0.614. The van der Waals surface area contributed by atoms with Crippen LogP contribution in [0.25, 0.3) is 0 Å². The molecule has 0 saturated heterocycles. The van der Waals surface area contributed by atoms with E-state index in [2.05, 4.69) is 12.2 Å². The zero-order valence-corrected chi connectivity index (χ0v) is 6.96. The Kier molecular flexibility index (Phi) is 5.15. The van der Waals surface area contributed by atoms with Gasteiger partial charge in [-0.2, -0.15) is 0 Å². The fourth-order valence-corrected chi connectivity index (χ4v) is 0.666. The van der Waals surface area contributed by atoms with Crippen molar-refractivity contribution in [2.45, 2.75) is 26.7 Å². The highest BCUT2D eigenvalue weighted by molar-refractivity contribution is 4.88. The van der Waals surface area contributed by atoms with Crippen LogP contribution in [0.3, 0.4) is 0 Å². The summed E-state index contributed by atoms with van der Waals surface area (Å²) in [6, 6.07) is 0. The highest BCUT2D eigenvalue weighted by Gasteiger charge is 1.92. The molecule has 0 aliphatic rings. The Bertz CT molecular complexity index is 155. The van der Waals surface area contributed by atoms with Gasteiger partial charge in [0, 0.05) is 6.54 Å². The summed E-state index contributed by atoms with van der Waals surface area (Å²) in [5.74, 6) is 0. The standard InChI is InChI=1S/C7H14N2O2/c1-3-4-5-8-7(2)6-9(10)11/h6,8H,3-5H2,1-2H3/b7-6+. The first kappa shape index (κ1) is 9.94. The van der Waals surface area contributed by atoms with E-state index >= 15 is 0 Å². The predicted molar refractivity (Wildman–Crippen MR) is 43.7 cm³/mol. The van der Waals surface area contributed by atoms with Gasteiger partial charge in [-0.3, -0.25) is 10.1 Å². The van der Waals surface area contributed by atoms with Crippen molar-refractivity contribution >= 4 is 0 Å². The molecule has 0 aliphatic carbocycles. The maximum Gasteiger partial charge on any atom is 0.252 e. The van der Waals surface area contributed by atoms with Gasteiger partial charge in [0.05, 0.1) is 10.6 Å². The number of nitrogens with zero attached hydrogens (tertiary/aromatic N) is 1. The number of hydrogen-bond acceptors (Lipinski definition) is 3. The molecule has 0 atom stereocenters. The molecule has 1 N–H and O–H groups in total. The first-order valence-electron chi connectivity index (χ1n) is 3.72. The van der Waals surface area contributed by atoms with Crippen LogP contribution in [0, 0.1) is 10.1 Å². The van der Waals surface area contributed by atoms with Crippen molar-refractivity contribution in [3.05, 3.63) is 22.0 Å². The summed E-state index contributed by atoms with van der Waals surface area (Å²) >= 11 is 0. The number of hydrogen-bond donors (Lipinski definition) is 1. The fourth-order valence-electron chi connectivity index (χ4n) is 0.666. The fraction of sp³-hybridized carbons (Fsp3) is 0.714. The molecule has 0 amide bonds. The van der Waals surface area contributed by atoms with E-state index in [0.717, 1.165) is 25.6 Å². The number of rotatable bonds is 5. The first-order valence-corrected chi connectivity index (χ1v) is 3.72. The molecule has 0 bridgehead atoms. The van der Waals surface area contributed by atoms with E-state index in [0.29, 0.717) is 5.70 Å². The Hall–Kier alpha value is -1.06. The molecule has 0 aromatic rings. The van der Waals surface area contributed by atoms with Crippen LogP contribution in [0.2, 0.25) is 0 Å². The Morgan fingerprint density at radius 2 is 2.36 bits per heavy atom. The second kappa shape index (κ2) is 5.70. The Morgan fingerprint density at radius 1 is 1.73 bits per heavy atom. The van der Waals surface area contributed by atoms with Crippen molar-refractivity contribution in [2.75, 3.05) is 6.54 Å². The van der Waals surface area contributed by atoms with Crippen LogP contribution in [0.15, 0.2) is 11.9 Å². The second-order valence-electron chi connectivity index (χ2n) is 2.38. The number of nitrogens with one attached hydrogen (secondary N) is 1. The second-order valence-corrected chi connectivity index (χ2v) is 2.38. The maximum atomic E-state index is 9.93. The molecule has 0 aliphatic heterocycles. The molecule has 4 heteroatoms. The third-order valence-electron chi connectivity index (χ3n) is 1.23. The highest BCUT2D eigenvalue weighted by atomic mass is 16.6.